The van der Waals surface area contributed by atoms with Crippen molar-refractivity contribution in [1.82, 2.24) is 0 Å². The molecule has 4 heteroatoms. The van der Waals surface area contributed by atoms with Gasteiger partial charge in [0.2, 0.25) is 0 Å². The van der Waals surface area contributed by atoms with E-state index in [9.17, 15) is 0 Å². The topological polar surface area (TPSA) is 40.0 Å². The van der Waals surface area contributed by atoms with Gasteiger partial charge >= 0.3 is 0 Å². The summed E-state index contributed by atoms with van der Waals surface area (Å²) in [7, 11) is 0. The molecule has 1 fully saturated rings. The highest BCUT2D eigenvalue weighted by Gasteiger charge is 2.45. The van der Waals surface area contributed by atoms with Gasteiger partial charge in [-0.15, -0.1) is 0 Å². The lowest BCUT2D eigenvalue weighted by atomic mass is 9.87. The molecular weight excluding hydrogens is 230 g/mol. The molecule has 1 saturated heterocycles. The fourth-order valence-corrected chi connectivity index (χ4v) is 2.02. The highest BCUT2D eigenvalue weighted by Crippen LogP contribution is 2.35. The van der Waals surface area contributed by atoms with E-state index in [0.717, 1.165) is 5.90 Å². The van der Waals surface area contributed by atoms with Crippen LogP contribution in [-0.4, -0.2) is 37.5 Å². The van der Waals surface area contributed by atoms with Crippen molar-refractivity contribution in [3.63, 3.8) is 0 Å². The molecule has 4 nitrogen and oxygen atoms in total. The summed E-state index contributed by atoms with van der Waals surface area (Å²) in [5, 5.41) is 0. The number of aliphatic imine (C=N–C) groups is 1. The first-order chi connectivity index (χ1) is 8.12. The van der Waals surface area contributed by atoms with Crippen LogP contribution < -0.4 is 0 Å². The second-order valence-electron chi connectivity index (χ2n) is 7.16. The smallest absolute Gasteiger partial charge is 0.194 e. The molecule has 0 saturated carbocycles. The van der Waals surface area contributed by atoms with Gasteiger partial charge in [0.15, 0.2) is 11.7 Å². The first kappa shape index (κ1) is 13.8. The minimum atomic E-state index is -0.498. The maximum atomic E-state index is 5.79. The molecule has 0 aromatic heterocycles. The number of hydrogen-bond acceptors (Lipinski definition) is 4. The van der Waals surface area contributed by atoms with E-state index in [1.165, 1.54) is 0 Å². The minimum Gasteiger partial charge on any atom is -0.478 e. The van der Waals surface area contributed by atoms with Crippen molar-refractivity contribution in [2.75, 3.05) is 19.8 Å². The van der Waals surface area contributed by atoms with Crippen LogP contribution in [0.1, 0.15) is 41.5 Å². The Kier molecular flexibility index (Phi) is 3.23. The van der Waals surface area contributed by atoms with E-state index < -0.39 is 5.79 Å². The predicted molar refractivity (Wildman–Crippen MR) is 70.7 cm³/mol. The van der Waals surface area contributed by atoms with Crippen LogP contribution in [0.25, 0.3) is 0 Å². The van der Waals surface area contributed by atoms with Crippen molar-refractivity contribution >= 4 is 5.90 Å². The lowest BCUT2D eigenvalue weighted by Crippen LogP contribution is -2.49. The molecule has 1 atom stereocenters. The number of rotatable bonds is 1. The largest absolute Gasteiger partial charge is 0.478 e. The summed E-state index contributed by atoms with van der Waals surface area (Å²) in [5.41, 5.74) is -0.122. The summed E-state index contributed by atoms with van der Waals surface area (Å²) in [6.45, 7) is 14.4. The van der Waals surface area contributed by atoms with E-state index in [2.05, 4.69) is 27.7 Å². The zero-order chi connectivity index (χ0) is 13.6. The summed E-state index contributed by atoms with van der Waals surface area (Å²) >= 11 is 0. The van der Waals surface area contributed by atoms with Crippen LogP contribution >= 0.6 is 0 Å². The first-order valence-electron chi connectivity index (χ1n) is 6.61. The SMILES string of the molecule is CC1(C)OCC(C)(C2=N[C@@H](C(C)(C)C)CO2)CO1. The van der Waals surface area contributed by atoms with Crippen LogP contribution in [0.2, 0.25) is 0 Å². The van der Waals surface area contributed by atoms with Crippen molar-refractivity contribution < 1.29 is 14.2 Å². The van der Waals surface area contributed by atoms with E-state index in [1.54, 1.807) is 0 Å². The Morgan fingerprint density at radius 2 is 1.67 bits per heavy atom. The van der Waals surface area contributed by atoms with Crippen LogP contribution in [-0.2, 0) is 14.2 Å². The van der Waals surface area contributed by atoms with Gasteiger partial charge in [-0.2, -0.15) is 0 Å². The van der Waals surface area contributed by atoms with Crippen molar-refractivity contribution in [3.8, 4) is 0 Å². The third-order valence-corrected chi connectivity index (χ3v) is 3.64. The fraction of sp³-hybridized carbons (Fsp3) is 0.929. The van der Waals surface area contributed by atoms with Gasteiger partial charge in [-0.25, -0.2) is 4.99 Å². The van der Waals surface area contributed by atoms with E-state index >= 15 is 0 Å². The van der Waals surface area contributed by atoms with Crippen molar-refractivity contribution in [1.29, 1.82) is 0 Å². The Balaban J connectivity index is 2.09. The molecule has 0 unspecified atom stereocenters. The average molecular weight is 255 g/mol. The monoisotopic (exact) mass is 255 g/mol. The van der Waals surface area contributed by atoms with Crippen molar-refractivity contribution in [2.45, 2.75) is 53.4 Å². The highest BCUT2D eigenvalue weighted by molar-refractivity contribution is 5.84. The molecule has 18 heavy (non-hydrogen) atoms. The summed E-state index contributed by atoms with van der Waals surface area (Å²) in [6.07, 6.45) is 0. The van der Waals surface area contributed by atoms with E-state index in [4.69, 9.17) is 19.2 Å². The Morgan fingerprint density at radius 3 is 2.11 bits per heavy atom. The van der Waals surface area contributed by atoms with E-state index in [1.807, 2.05) is 13.8 Å². The molecule has 0 aromatic carbocycles. The van der Waals surface area contributed by atoms with Crippen LogP contribution in [0, 0.1) is 10.8 Å². The maximum Gasteiger partial charge on any atom is 0.194 e. The lowest BCUT2D eigenvalue weighted by molar-refractivity contribution is -0.271. The van der Waals surface area contributed by atoms with Crippen LogP contribution in [0.15, 0.2) is 4.99 Å². The summed E-state index contributed by atoms with van der Waals surface area (Å²) in [6, 6.07) is 0.222. The maximum absolute atomic E-state index is 5.79. The zero-order valence-electron chi connectivity index (χ0n) is 12.4. The molecule has 2 aliphatic heterocycles. The van der Waals surface area contributed by atoms with Crippen molar-refractivity contribution in [2.24, 2.45) is 15.8 Å². The number of nitrogens with zero attached hydrogens (tertiary/aromatic N) is 1. The minimum absolute atomic E-state index is 0.133. The standard InChI is InChI=1S/C14H25NO3/c1-12(2,3)10-7-16-11(15-10)14(6)8-17-13(4,5)18-9-14/h10H,7-9H2,1-6H3/t10-/m1/s1. The normalized spacial score (nSPS) is 30.8. The molecule has 2 heterocycles. The molecule has 104 valence electrons. The average Bonchev–Trinajstić information content (AvgIpc) is 2.72. The summed E-state index contributed by atoms with van der Waals surface area (Å²) in [4.78, 5) is 4.74. The first-order valence-corrected chi connectivity index (χ1v) is 6.61. The van der Waals surface area contributed by atoms with E-state index in [0.29, 0.717) is 19.8 Å². The van der Waals surface area contributed by atoms with Crippen LogP contribution in [0.5, 0.6) is 0 Å². The third kappa shape index (κ3) is 2.69. The lowest BCUT2D eigenvalue weighted by Gasteiger charge is -2.40. The van der Waals surface area contributed by atoms with Crippen LogP contribution in [0.3, 0.4) is 0 Å². The molecule has 2 aliphatic rings. The number of hydrogen-bond donors (Lipinski definition) is 0. The van der Waals surface area contributed by atoms with Gasteiger partial charge in [-0.3, -0.25) is 0 Å². The predicted octanol–water partition coefficient (Wildman–Crippen LogP) is 2.62. The fourth-order valence-electron chi connectivity index (χ4n) is 2.02. The molecule has 0 spiro atoms. The van der Waals surface area contributed by atoms with Crippen molar-refractivity contribution in [3.05, 3.63) is 0 Å². The second kappa shape index (κ2) is 4.20. The number of ether oxygens (including phenoxy) is 3. The zero-order valence-corrected chi connectivity index (χ0v) is 12.4. The van der Waals surface area contributed by atoms with Gasteiger partial charge in [-0.05, 0) is 26.2 Å². The van der Waals surface area contributed by atoms with Gasteiger partial charge in [0.25, 0.3) is 0 Å². The Labute approximate surface area is 110 Å². The van der Waals surface area contributed by atoms with Gasteiger partial charge in [0.05, 0.1) is 24.7 Å². The Hall–Kier alpha value is -0.610. The van der Waals surface area contributed by atoms with Gasteiger partial charge < -0.3 is 14.2 Å². The summed E-state index contributed by atoms with van der Waals surface area (Å²) < 4.78 is 17.3. The Bertz CT molecular complexity index is 345. The molecular formula is C14H25NO3. The molecule has 0 N–H and O–H groups in total. The van der Waals surface area contributed by atoms with Gasteiger partial charge in [-0.1, -0.05) is 20.8 Å². The van der Waals surface area contributed by atoms with Gasteiger partial charge in [0.1, 0.15) is 6.61 Å². The third-order valence-electron chi connectivity index (χ3n) is 3.64. The second-order valence-corrected chi connectivity index (χ2v) is 7.16. The molecule has 0 amide bonds. The molecule has 2 rings (SSSR count). The molecule has 0 radical (unpaired) electrons. The van der Waals surface area contributed by atoms with Gasteiger partial charge in [0, 0.05) is 0 Å². The molecule has 0 aromatic rings. The molecule has 0 aliphatic carbocycles. The quantitative estimate of drug-likeness (QED) is 0.723. The van der Waals surface area contributed by atoms with Crippen LogP contribution in [0.4, 0.5) is 0 Å². The summed E-state index contributed by atoms with van der Waals surface area (Å²) in [5.74, 6) is 0.292. The van der Waals surface area contributed by atoms with E-state index in [-0.39, 0.29) is 16.9 Å². The Morgan fingerprint density at radius 1 is 1.11 bits per heavy atom. The molecule has 0 bridgehead atoms. The highest BCUT2D eigenvalue weighted by atomic mass is 16.7.